The van der Waals surface area contributed by atoms with Crippen molar-refractivity contribution < 1.29 is 19.2 Å². The fourth-order valence-electron chi connectivity index (χ4n) is 1.91. The number of rotatable bonds is 6. The molecule has 24 heavy (non-hydrogen) atoms. The van der Waals surface area contributed by atoms with Crippen LogP contribution in [0.3, 0.4) is 0 Å². The minimum atomic E-state index is -0.567. The zero-order valence-electron chi connectivity index (χ0n) is 13.1. The number of benzene rings is 2. The van der Waals surface area contributed by atoms with Crippen LogP contribution in [-0.4, -0.2) is 31.3 Å². The molecule has 2 rings (SSSR count). The number of carbonyl (C=O) groups excluding carboxylic acids is 1. The molecule has 0 saturated heterocycles. The van der Waals surface area contributed by atoms with Crippen molar-refractivity contribution in [3.63, 3.8) is 0 Å². The summed E-state index contributed by atoms with van der Waals surface area (Å²) in [5.41, 5.74) is 2.93. The van der Waals surface area contributed by atoms with Crippen molar-refractivity contribution in [1.82, 2.24) is 5.43 Å². The number of nitro groups is 1. The maximum absolute atomic E-state index is 12.0. The molecule has 0 aromatic heterocycles. The summed E-state index contributed by atoms with van der Waals surface area (Å²) in [7, 11) is 3.05. The summed E-state index contributed by atoms with van der Waals surface area (Å²) in [6, 6.07) is 10.5. The third-order valence-electron chi connectivity index (χ3n) is 3.13. The van der Waals surface area contributed by atoms with Crippen LogP contribution in [0.15, 0.2) is 47.6 Å². The monoisotopic (exact) mass is 329 g/mol. The van der Waals surface area contributed by atoms with Crippen LogP contribution < -0.4 is 14.9 Å². The van der Waals surface area contributed by atoms with Gasteiger partial charge in [-0.05, 0) is 18.2 Å². The number of methoxy groups -OCH3 is 2. The maximum Gasteiger partial charge on any atom is 0.271 e. The zero-order valence-corrected chi connectivity index (χ0v) is 13.1. The molecule has 2 aromatic carbocycles. The molecule has 0 fully saturated rings. The quantitative estimate of drug-likeness (QED) is 0.498. The first-order valence-electron chi connectivity index (χ1n) is 6.85. The largest absolute Gasteiger partial charge is 0.497 e. The van der Waals surface area contributed by atoms with Crippen LogP contribution >= 0.6 is 0 Å². The molecule has 1 amide bonds. The number of nitrogens with one attached hydrogen (secondary N) is 1. The smallest absolute Gasteiger partial charge is 0.271 e. The van der Waals surface area contributed by atoms with Gasteiger partial charge >= 0.3 is 0 Å². The lowest BCUT2D eigenvalue weighted by atomic mass is 10.2. The van der Waals surface area contributed by atoms with E-state index >= 15 is 0 Å². The van der Waals surface area contributed by atoms with Gasteiger partial charge in [-0.2, -0.15) is 5.10 Å². The summed E-state index contributed by atoms with van der Waals surface area (Å²) in [4.78, 5) is 22.1. The summed E-state index contributed by atoms with van der Waals surface area (Å²) < 4.78 is 10.3. The Morgan fingerprint density at radius 1 is 1.21 bits per heavy atom. The minimum Gasteiger partial charge on any atom is -0.497 e. The molecule has 0 saturated carbocycles. The Morgan fingerprint density at radius 2 is 2.00 bits per heavy atom. The van der Waals surface area contributed by atoms with E-state index in [0.29, 0.717) is 17.1 Å². The first kappa shape index (κ1) is 16.9. The molecule has 0 heterocycles. The summed E-state index contributed by atoms with van der Waals surface area (Å²) in [6.07, 6.45) is 1.41. The number of amides is 1. The van der Waals surface area contributed by atoms with Crippen molar-refractivity contribution in [3.8, 4) is 11.5 Å². The molecule has 2 aromatic rings. The van der Waals surface area contributed by atoms with Gasteiger partial charge in [0.25, 0.3) is 11.6 Å². The Balaban J connectivity index is 2.10. The average Bonchev–Trinajstić information content (AvgIpc) is 2.61. The number of hydrogen-bond donors (Lipinski definition) is 1. The Morgan fingerprint density at radius 3 is 2.67 bits per heavy atom. The van der Waals surface area contributed by atoms with Crippen molar-refractivity contribution in [3.05, 3.63) is 63.7 Å². The van der Waals surface area contributed by atoms with Crippen molar-refractivity contribution in [1.29, 1.82) is 0 Å². The van der Waals surface area contributed by atoms with E-state index in [0.717, 1.165) is 0 Å². The van der Waals surface area contributed by atoms with Crippen LogP contribution in [-0.2, 0) is 0 Å². The molecule has 124 valence electrons. The van der Waals surface area contributed by atoms with Gasteiger partial charge in [-0.25, -0.2) is 5.43 Å². The van der Waals surface area contributed by atoms with Gasteiger partial charge in [0.1, 0.15) is 11.5 Å². The van der Waals surface area contributed by atoms with E-state index in [1.165, 1.54) is 37.6 Å². The van der Waals surface area contributed by atoms with E-state index in [-0.39, 0.29) is 11.3 Å². The molecular weight excluding hydrogens is 314 g/mol. The molecule has 0 atom stereocenters. The lowest BCUT2D eigenvalue weighted by Gasteiger charge is -2.06. The maximum atomic E-state index is 12.0. The second kappa shape index (κ2) is 7.73. The van der Waals surface area contributed by atoms with Gasteiger partial charge in [0.05, 0.1) is 25.4 Å². The van der Waals surface area contributed by atoms with E-state index in [1.807, 2.05) is 0 Å². The highest BCUT2D eigenvalue weighted by molar-refractivity contribution is 5.95. The van der Waals surface area contributed by atoms with Crippen LogP contribution in [0.1, 0.15) is 15.9 Å². The van der Waals surface area contributed by atoms with E-state index in [2.05, 4.69) is 10.5 Å². The minimum absolute atomic E-state index is 0.142. The van der Waals surface area contributed by atoms with Crippen LogP contribution in [0.5, 0.6) is 11.5 Å². The molecule has 8 nitrogen and oxygen atoms in total. The Bertz CT molecular complexity index is 789. The van der Waals surface area contributed by atoms with Crippen molar-refractivity contribution in [2.24, 2.45) is 5.10 Å². The van der Waals surface area contributed by atoms with Crippen LogP contribution in [0, 0.1) is 10.1 Å². The molecule has 0 aliphatic rings. The molecule has 0 radical (unpaired) electrons. The fourth-order valence-corrected chi connectivity index (χ4v) is 1.91. The molecule has 0 spiro atoms. The average molecular weight is 329 g/mol. The van der Waals surface area contributed by atoms with E-state index in [9.17, 15) is 14.9 Å². The van der Waals surface area contributed by atoms with Gasteiger partial charge in [0.2, 0.25) is 0 Å². The zero-order chi connectivity index (χ0) is 17.5. The summed E-state index contributed by atoms with van der Waals surface area (Å²) in [5.74, 6) is 0.606. The van der Waals surface area contributed by atoms with Crippen molar-refractivity contribution in [2.75, 3.05) is 14.2 Å². The first-order chi connectivity index (χ1) is 11.5. The Kier molecular flexibility index (Phi) is 5.45. The third-order valence-corrected chi connectivity index (χ3v) is 3.13. The first-order valence-corrected chi connectivity index (χ1v) is 6.85. The standard InChI is InChI=1S/C16H15N3O5/c1-23-14-7-6-12(15(9-14)24-2)10-17-18-16(20)11-4-3-5-13(8-11)19(21)22/h3-10H,1-2H3,(H,18,20)/b17-10-. The highest BCUT2D eigenvalue weighted by atomic mass is 16.6. The van der Waals surface area contributed by atoms with Crippen LogP contribution in [0.25, 0.3) is 0 Å². The predicted octanol–water partition coefficient (Wildman–Crippen LogP) is 2.38. The summed E-state index contributed by atoms with van der Waals surface area (Å²) in [6.45, 7) is 0. The summed E-state index contributed by atoms with van der Waals surface area (Å²) >= 11 is 0. The molecule has 1 N–H and O–H groups in total. The second-order valence-electron chi connectivity index (χ2n) is 4.61. The van der Waals surface area contributed by atoms with Gasteiger partial charge in [0.15, 0.2) is 0 Å². The number of nitrogens with zero attached hydrogens (tertiary/aromatic N) is 2. The van der Waals surface area contributed by atoms with Gasteiger partial charge < -0.3 is 9.47 Å². The van der Waals surface area contributed by atoms with Crippen LogP contribution in [0.4, 0.5) is 5.69 Å². The number of nitro benzene ring substituents is 1. The molecule has 0 aliphatic heterocycles. The van der Waals surface area contributed by atoms with E-state index in [4.69, 9.17) is 9.47 Å². The molecule has 8 heteroatoms. The molecule has 0 unspecified atom stereocenters. The fraction of sp³-hybridized carbons (Fsp3) is 0.125. The highest BCUT2D eigenvalue weighted by Crippen LogP contribution is 2.23. The Labute approximate surface area is 137 Å². The van der Waals surface area contributed by atoms with Crippen LogP contribution in [0.2, 0.25) is 0 Å². The number of ether oxygens (including phenoxy) is 2. The van der Waals surface area contributed by atoms with Gasteiger partial charge in [0, 0.05) is 29.3 Å². The molecule has 0 aliphatic carbocycles. The normalized spacial score (nSPS) is 10.4. The van der Waals surface area contributed by atoms with E-state index in [1.54, 1.807) is 25.3 Å². The third kappa shape index (κ3) is 4.07. The van der Waals surface area contributed by atoms with Gasteiger partial charge in [-0.1, -0.05) is 6.07 Å². The molecule has 0 bridgehead atoms. The Hall–Kier alpha value is -3.42. The summed E-state index contributed by atoms with van der Waals surface area (Å²) in [5, 5.41) is 14.6. The number of non-ortho nitro benzene ring substituents is 1. The molecular formula is C16H15N3O5. The highest BCUT2D eigenvalue weighted by Gasteiger charge is 2.10. The number of carbonyl (C=O) groups is 1. The lowest BCUT2D eigenvalue weighted by Crippen LogP contribution is -2.17. The van der Waals surface area contributed by atoms with E-state index < -0.39 is 10.8 Å². The number of hydrazone groups is 1. The second-order valence-corrected chi connectivity index (χ2v) is 4.61. The SMILES string of the molecule is COc1ccc(/C=N\NC(=O)c2cccc([N+](=O)[O-])c2)c(OC)c1. The lowest BCUT2D eigenvalue weighted by molar-refractivity contribution is -0.384. The van der Waals surface area contributed by atoms with Gasteiger partial charge in [-0.15, -0.1) is 0 Å². The predicted molar refractivity (Wildman–Crippen MR) is 87.7 cm³/mol. The number of hydrogen-bond acceptors (Lipinski definition) is 6. The van der Waals surface area contributed by atoms with Crippen molar-refractivity contribution in [2.45, 2.75) is 0 Å². The van der Waals surface area contributed by atoms with Crippen molar-refractivity contribution >= 4 is 17.8 Å². The van der Waals surface area contributed by atoms with Gasteiger partial charge in [-0.3, -0.25) is 14.9 Å². The topological polar surface area (TPSA) is 103 Å².